The highest BCUT2D eigenvalue weighted by atomic mass is 16.8. The lowest BCUT2D eigenvalue weighted by Crippen LogP contribution is -2.58. The third kappa shape index (κ3) is 2.31. The van der Waals surface area contributed by atoms with Gasteiger partial charge in [0.15, 0.2) is 6.29 Å². The van der Waals surface area contributed by atoms with E-state index in [1.807, 2.05) is 0 Å². The summed E-state index contributed by atoms with van der Waals surface area (Å²) in [5.74, 6) is -1.04. The van der Waals surface area contributed by atoms with Gasteiger partial charge in [0.1, 0.15) is 11.7 Å². The number of aliphatic hydroxyl groups is 4. The van der Waals surface area contributed by atoms with E-state index in [-0.39, 0.29) is 5.91 Å². The second-order valence-electron chi connectivity index (χ2n) is 4.91. The number of carbonyl (C=O) groups is 1. The zero-order valence-electron chi connectivity index (χ0n) is 11.1. The predicted molar refractivity (Wildman–Crippen MR) is 61.9 cm³/mol. The number of rotatable bonds is 5. The molecule has 1 saturated carbocycles. The number of nitrogens with one attached hydrogen (secondary N) is 1. The van der Waals surface area contributed by atoms with Gasteiger partial charge < -0.3 is 40.0 Å². The molecule has 1 amide bonds. The van der Waals surface area contributed by atoms with Gasteiger partial charge in [-0.15, -0.1) is 0 Å². The Bertz CT molecular complexity index is 377. The molecular weight excluding hydrogens is 274 g/mol. The number of fused-ring (bicyclic) bond motifs is 1. The molecule has 1 heterocycles. The average molecular weight is 293 g/mol. The summed E-state index contributed by atoms with van der Waals surface area (Å²) in [5.41, 5.74) is -1.48. The first-order valence-corrected chi connectivity index (χ1v) is 6.16. The molecule has 0 aromatic rings. The number of carbonyl (C=O) groups excluding carboxylic acids is 1. The molecular formula is C11H19NO8. The summed E-state index contributed by atoms with van der Waals surface area (Å²) in [7, 11) is 1.36. The lowest BCUT2D eigenvalue weighted by atomic mass is 10.0. The Morgan fingerprint density at radius 3 is 2.60 bits per heavy atom. The van der Waals surface area contributed by atoms with Crippen LogP contribution < -0.4 is 5.32 Å². The van der Waals surface area contributed by atoms with Gasteiger partial charge in [0, 0.05) is 20.0 Å². The SMILES string of the molecule is CO[C@@H]1OC(CO)C2(OC(O)O)C(O)C2C1NC(C)=O. The van der Waals surface area contributed by atoms with E-state index >= 15 is 0 Å². The second-order valence-corrected chi connectivity index (χ2v) is 4.91. The van der Waals surface area contributed by atoms with Crippen molar-refractivity contribution < 1.29 is 39.4 Å². The highest BCUT2D eigenvalue weighted by molar-refractivity contribution is 5.73. The van der Waals surface area contributed by atoms with E-state index in [1.54, 1.807) is 0 Å². The Morgan fingerprint density at radius 1 is 1.50 bits per heavy atom. The molecule has 116 valence electrons. The first-order valence-electron chi connectivity index (χ1n) is 6.16. The highest BCUT2D eigenvalue weighted by Crippen LogP contribution is 2.56. The van der Waals surface area contributed by atoms with E-state index < -0.39 is 49.1 Å². The molecule has 1 saturated heterocycles. The maximum absolute atomic E-state index is 11.2. The fraction of sp³-hybridized carbons (Fsp3) is 0.909. The molecule has 0 radical (unpaired) electrons. The molecule has 2 rings (SSSR count). The average Bonchev–Trinajstić information content (AvgIpc) is 2.94. The summed E-state index contributed by atoms with van der Waals surface area (Å²) in [6.45, 7) is -1.35. The molecule has 1 aliphatic heterocycles. The predicted octanol–water partition coefficient (Wildman–Crippen LogP) is -3.13. The van der Waals surface area contributed by atoms with Crippen LogP contribution >= 0.6 is 0 Å². The van der Waals surface area contributed by atoms with Crippen molar-refractivity contribution >= 4 is 5.91 Å². The third-order valence-corrected chi connectivity index (χ3v) is 3.77. The quantitative estimate of drug-likeness (QED) is 0.335. The lowest BCUT2D eigenvalue weighted by Gasteiger charge is -2.39. The number of methoxy groups -OCH3 is 1. The van der Waals surface area contributed by atoms with Gasteiger partial charge in [-0.25, -0.2) is 0 Å². The van der Waals surface area contributed by atoms with E-state index in [9.17, 15) is 15.0 Å². The van der Waals surface area contributed by atoms with Crippen LogP contribution in [0.4, 0.5) is 0 Å². The fourth-order valence-electron chi connectivity index (χ4n) is 2.98. The Kier molecular flexibility index (Phi) is 4.30. The van der Waals surface area contributed by atoms with Crippen molar-refractivity contribution in [1.82, 2.24) is 5.32 Å². The fourth-order valence-corrected chi connectivity index (χ4v) is 2.98. The van der Waals surface area contributed by atoms with E-state index in [1.165, 1.54) is 14.0 Å². The number of hydrogen-bond donors (Lipinski definition) is 5. The standard InChI is InChI=1S/C11H19NO8/c1-4(14)12-7-6-8(15)11(6,20-10(16)17)5(3-13)19-9(7)18-2/h5-10,13,15-17H,3H2,1-2H3,(H,12,14)/t5?,6?,7?,8?,9-,11?/m1/s1. The lowest BCUT2D eigenvalue weighted by molar-refractivity contribution is -0.320. The number of ether oxygens (including phenoxy) is 3. The minimum absolute atomic E-state index is 0.361. The third-order valence-electron chi connectivity index (χ3n) is 3.77. The summed E-state index contributed by atoms with van der Waals surface area (Å²) in [6, 6.07) is -0.728. The summed E-state index contributed by atoms with van der Waals surface area (Å²) >= 11 is 0. The van der Waals surface area contributed by atoms with Crippen LogP contribution in [0, 0.1) is 5.92 Å². The van der Waals surface area contributed by atoms with Crippen LogP contribution in [-0.2, 0) is 19.0 Å². The molecule has 0 bridgehead atoms. The van der Waals surface area contributed by atoms with Crippen molar-refractivity contribution in [2.45, 2.75) is 43.5 Å². The molecule has 5 N–H and O–H groups in total. The minimum atomic E-state index is -2.13. The molecule has 5 unspecified atom stereocenters. The Balaban J connectivity index is 2.26. The Morgan fingerprint density at radius 2 is 2.15 bits per heavy atom. The summed E-state index contributed by atoms with van der Waals surface area (Å²) < 4.78 is 15.5. The van der Waals surface area contributed by atoms with Gasteiger partial charge >= 0.3 is 0 Å². The number of aliphatic hydroxyl groups excluding tert-OH is 3. The van der Waals surface area contributed by atoms with Crippen LogP contribution in [0.1, 0.15) is 6.92 Å². The minimum Gasteiger partial charge on any atom is -0.394 e. The monoisotopic (exact) mass is 293 g/mol. The van der Waals surface area contributed by atoms with Gasteiger partial charge in [-0.3, -0.25) is 4.79 Å². The van der Waals surface area contributed by atoms with Gasteiger partial charge in [-0.2, -0.15) is 0 Å². The van der Waals surface area contributed by atoms with Crippen LogP contribution in [0.3, 0.4) is 0 Å². The van der Waals surface area contributed by atoms with Crippen molar-refractivity contribution in [2.75, 3.05) is 13.7 Å². The van der Waals surface area contributed by atoms with Gasteiger partial charge in [0.25, 0.3) is 6.48 Å². The van der Waals surface area contributed by atoms with Gasteiger partial charge in [0.05, 0.1) is 18.8 Å². The molecule has 9 nitrogen and oxygen atoms in total. The van der Waals surface area contributed by atoms with Crippen LogP contribution in [0.5, 0.6) is 0 Å². The molecule has 9 heteroatoms. The van der Waals surface area contributed by atoms with Crippen LogP contribution in [-0.4, -0.2) is 76.7 Å². The van der Waals surface area contributed by atoms with Gasteiger partial charge in [0.2, 0.25) is 5.91 Å². The van der Waals surface area contributed by atoms with E-state index in [4.69, 9.17) is 24.4 Å². The summed E-state index contributed by atoms with van der Waals surface area (Å²) in [4.78, 5) is 11.2. The molecule has 0 aromatic carbocycles. The first-order chi connectivity index (χ1) is 9.38. The van der Waals surface area contributed by atoms with Crippen molar-refractivity contribution in [3.05, 3.63) is 0 Å². The topological polar surface area (TPSA) is 138 Å². The molecule has 2 aliphatic rings. The summed E-state index contributed by atoms with van der Waals surface area (Å²) in [6.07, 6.45) is -3.01. The molecule has 20 heavy (non-hydrogen) atoms. The zero-order valence-corrected chi connectivity index (χ0v) is 11.1. The van der Waals surface area contributed by atoms with Gasteiger partial charge in [-0.1, -0.05) is 0 Å². The normalized spacial score (nSPS) is 43.2. The maximum Gasteiger partial charge on any atom is 0.267 e. The first kappa shape index (κ1) is 15.6. The molecule has 0 aromatic heterocycles. The van der Waals surface area contributed by atoms with Crippen LogP contribution in [0.2, 0.25) is 0 Å². The Hall–Kier alpha value is -0.810. The van der Waals surface area contributed by atoms with Crippen molar-refractivity contribution in [3.63, 3.8) is 0 Å². The van der Waals surface area contributed by atoms with Crippen molar-refractivity contribution in [1.29, 1.82) is 0 Å². The van der Waals surface area contributed by atoms with Crippen molar-refractivity contribution in [2.24, 2.45) is 5.92 Å². The maximum atomic E-state index is 11.2. The van der Waals surface area contributed by atoms with E-state index in [0.717, 1.165) is 0 Å². The second kappa shape index (κ2) is 5.53. The molecule has 6 atom stereocenters. The van der Waals surface area contributed by atoms with Crippen LogP contribution in [0.15, 0.2) is 0 Å². The summed E-state index contributed by atoms with van der Waals surface area (Å²) in [5, 5.41) is 40.0. The zero-order chi connectivity index (χ0) is 15.1. The number of hydrogen-bond acceptors (Lipinski definition) is 8. The van der Waals surface area contributed by atoms with Gasteiger partial charge in [-0.05, 0) is 0 Å². The highest BCUT2D eigenvalue weighted by Gasteiger charge is 2.77. The largest absolute Gasteiger partial charge is 0.394 e. The molecule has 0 spiro atoms. The smallest absolute Gasteiger partial charge is 0.267 e. The molecule has 2 fully saturated rings. The van der Waals surface area contributed by atoms with E-state index in [2.05, 4.69) is 5.32 Å². The Labute approximate surface area is 115 Å². The number of amides is 1. The van der Waals surface area contributed by atoms with E-state index in [0.29, 0.717) is 0 Å². The van der Waals surface area contributed by atoms with Crippen molar-refractivity contribution in [3.8, 4) is 0 Å². The van der Waals surface area contributed by atoms with Crippen LogP contribution in [0.25, 0.3) is 0 Å². The molecule has 1 aliphatic carbocycles.